The minimum Gasteiger partial charge on any atom is -0.372 e. The molecule has 0 saturated carbocycles. The van der Waals surface area contributed by atoms with Crippen LogP contribution < -0.4 is 0 Å². The van der Waals surface area contributed by atoms with Crippen LogP contribution in [0.2, 0.25) is 0 Å². The molecule has 1 saturated heterocycles. The van der Waals surface area contributed by atoms with Gasteiger partial charge in [-0.05, 0) is 24.6 Å². The minimum atomic E-state index is -4.28. The molecule has 1 aliphatic heterocycles. The highest BCUT2D eigenvalue weighted by atomic mass is 19.4. The molecule has 1 N–H and O–H groups in total. The van der Waals surface area contributed by atoms with Crippen molar-refractivity contribution in [1.82, 2.24) is 25.2 Å². The number of hydrogen-bond donors (Lipinski definition) is 1. The zero-order chi connectivity index (χ0) is 18.6. The number of hydrogen-bond acceptors (Lipinski definition) is 5. The smallest absolute Gasteiger partial charge is 0.372 e. The number of halogens is 3. The summed E-state index contributed by atoms with van der Waals surface area (Å²) in [6.45, 7) is 2.08. The van der Waals surface area contributed by atoms with Crippen molar-refractivity contribution in [1.29, 1.82) is 0 Å². The van der Waals surface area contributed by atoms with Crippen molar-refractivity contribution < 1.29 is 22.7 Å². The van der Waals surface area contributed by atoms with E-state index in [0.29, 0.717) is 55.7 Å². The number of nitrogens with one attached hydrogen (secondary N) is 1. The number of nitrogens with zero attached hydrogens (tertiary/aromatic N) is 4. The summed E-state index contributed by atoms with van der Waals surface area (Å²) in [6.07, 6.45) is -3.74. The predicted molar refractivity (Wildman–Crippen MR) is 87.7 cm³/mol. The Labute approximate surface area is 148 Å². The molecule has 7 nitrogen and oxygen atoms in total. The Morgan fingerprint density at radius 3 is 2.62 bits per heavy atom. The van der Waals surface area contributed by atoms with E-state index in [1.165, 1.54) is 0 Å². The molecule has 1 aromatic heterocycles. The summed E-state index contributed by atoms with van der Waals surface area (Å²) >= 11 is 0. The molecule has 0 aliphatic carbocycles. The minimum absolute atomic E-state index is 0.0527. The SMILES string of the molecule is O=C(c1ccc2n[nH]nc2c1)N1CCN(CCCOCC(F)(F)F)CC1. The Kier molecular flexibility index (Phi) is 5.72. The maximum atomic E-state index is 12.6. The van der Waals surface area contributed by atoms with Gasteiger partial charge in [-0.25, -0.2) is 0 Å². The van der Waals surface area contributed by atoms with Crippen LogP contribution in [0.3, 0.4) is 0 Å². The first-order valence-corrected chi connectivity index (χ1v) is 8.39. The van der Waals surface area contributed by atoms with Crippen molar-refractivity contribution in [2.45, 2.75) is 12.6 Å². The molecule has 0 unspecified atom stereocenters. The van der Waals surface area contributed by atoms with E-state index in [9.17, 15) is 18.0 Å². The van der Waals surface area contributed by atoms with Crippen LogP contribution in [0.1, 0.15) is 16.8 Å². The van der Waals surface area contributed by atoms with Gasteiger partial charge in [-0.2, -0.15) is 28.6 Å². The van der Waals surface area contributed by atoms with Gasteiger partial charge in [0.25, 0.3) is 5.91 Å². The molecule has 0 atom stereocenters. The number of piperazine rings is 1. The van der Waals surface area contributed by atoms with E-state index in [1.54, 1.807) is 23.1 Å². The highest BCUT2D eigenvalue weighted by molar-refractivity contribution is 5.97. The van der Waals surface area contributed by atoms with Crippen LogP contribution in [-0.2, 0) is 4.74 Å². The van der Waals surface area contributed by atoms with Crippen molar-refractivity contribution in [3.05, 3.63) is 23.8 Å². The number of carbonyl (C=O) groups is 1. The van der Waals surface area contributed by atoms with E-state index >= 15 is 0 Å². The van der Waals surface area contributed by atoms with Crippen molar-refractivity contribution in [3.63, 3.8) is 0 Å². The third-order valence-electron chi connectivity index (χ3n) is 4.25. The van der Waals surface area contributed by atoms with Gasteiger partial charge in [-0.3, -0.25) is 9.69 Å². The number of aromatic nitrogens is 3. The van der Waals surface area contributed by atoms with Gasteiger partial charge in [0.2, 0.25) is 0 Å². The zero-order valence-corrected chi connectivity index (χ0v) is 14.1. The average molecular weight is 371 g/mol. The normalized spacial score (nSPS) is 16.3. The van der Waals surface area contributed by atoms with Crippen LogP contribution in [0, 0.1) is 0 Å². The number of H-pyrrole nitrogens is 1. The summed E-state index contributed by atoms with van der Waals surface area (Å²) in [4.78, 5) is 16.5. The molecule has 10 heteroatoms. The third kappa shape index (κ3) is 4.92. The maximum Gasteiger partial charge on any atom is 0.411 e. The molecule has 0 spiro atoms. The topological polar surface area (TPSA) is 74.4 Å². The molecule has 2 heterocycles. The van der Waals surface area contributed by atoms with Gasteiger partial charge < -0.3 is 9.64 Å². The Hall–Kier alpha value is -2.20. The number of fused-ring (bicyclic) bond motifs is 1. The van der Waals surface area contributed by atoms with Gasteiger partial charge in [0, 0.05) is 44.9 Å². The molecular formula is C16H20F3N5O2. The summed E-state index contributed by atoms with van der Waals surface area (Å²) in [6, 6.07) is 5.20. The summed E-state index contributed by atoms with van der Waals surface area (Å²) in [7, 11) is 0. The monoisotopic (exact) mass is 371 g/mol. The van der Waals surface area contributed by atoms with Crippen LogP contribution in [0.4, 0.5) is 13.2 Å². The fourth-order valence-corrected chi connectivity index (χ4v) is 2.91. The highest BCUT2D eigenvalue weighted by Crippen LogP contribution is 2.15. The fourth-order valence-electron chi connectivity index (χ4n) is 2.91. The lowest BCUT2D eigenvalue weighted by Gasteiger charge is -2.34. The standard InChI is InChI=1S/C16H20F3N5O2/c17-16(18,19)11-26-9-1-4-23-5-7-24(8-6-23)15(25)12-2-3-13-14(10-12)21-22-20-13/h2-3,10H,1,4-9,11H2,(H,20,21,22). The van der Waals surface area contributed by atoms with Crippen LogP contribution >= 0.6 is 0 Å². The Morgan fingerprint density at radius 1 is 1.15 bits per heavy atom. The van der Waals surface area contributed by atoms with E-state index in [4.69, 9.17) is 0 Å². The van der Waals surface area contributed by atoms with E-state index < -0.39 is 12.8 Å². The average Bonchev–Trinajstić information content (AvgIpc) is 3.08. The number of rotatable bonds is 6. The first kappa shape index (κ1) is 18.6. The fraction of sp³-hybridized carbons (Fsp3) is 0.562. The first-order chi connectivity index (χ1) is 12.4. The van der Waals surface area contributed by atoms with Crippen molar-refractivity contribution in [2.75, 3.05) is 45.9 Å². The van der Waals surface area contributed by atoms with E-state index in [2.05, 4.69) is 25.0 Å². The molecule has 1 aliphatic rings. The summed E-state index contributed by atoms with van der Waals surface area (Å²) in [5.74, 6) is -0.0527. The van der Waals surface area contributed by atoms with Crippen LogP contribution in [-0.4, -0.2) is 83.2 Å². The molecule has 2 aromatic rings. The Bertz CT molecular complexity index is 741. The van der Waals surface area contributed by atoms with Gasteiger partial charge in [0.1, 0.15) is 17.6 Å². The predicted octanol–water partition coefficient (Wildman–Crippen LogP) is 1.68. The number of alkyl halides is 3. The number of carbonyl (C=O) groups excluding carboxylic acids is 1. The van der Waals surface area contributed by atoms with Crippen LogP contribution in [0.25, 0.3) is 11.0 Å². The highest BCUT2D eigenvalue weighted by Gasteiger charge is 2.27. The molecular weight excluding hydrogens is 351 g/mol. The molecule has 0 radical (unpaired) electrons. The molecule has 142 valence electrons. The molecule has 3 rings (SSSR count). The number of amides is 1. The van der Waals surface area contributed by atoms with Gasteiger partial charge in [-0.15, -0.1) is 0 Å². The second-order valence-electron chi connectivity index (χ2n) is 6.18. The summed E-state index contributed by atoms with van der Waals surface area (Å²) in [5.41, 5.74) is 1.92. The Morgan fingerprint density at radius 2 is 1.88 bits per heavy atom. The lowest BCUT2D eigenvalue weighted by atomic mass is 10.1. The molecule has 1 aromatic carbocycles. The lowest BCUT2D eigenvalue weighted by Crippen LogP contribution is -2.49. The van der Waals surface area contributed by atoms with Gasteiger partial charge in [0.15, 0.2) is 0 Å². The quantitative estimate of drug-likeness (QED) is 0.782. The molecule has 0 bridgehead atoms. The van der Waals surface area contributed by atoms with E-state index in [1.807, 2.05) is 0 Å². The van der Waals surface area contributed by atoms with Gasteiger partial charge in [-0.1, -0.05) is 0 Å². The van der Waals surface area contributed by atoms with Gasteiger partial charge in [0.05, 0.1) is 0 Å². The molecule has 1 fully saturated rings. The second kappa shape index (κ2) is 8.00. The largest absolute Gasteiger partial charge is 0.411 e. The van der Waals surface area contributed by atoms with E-state index in [0.717, 1.165) is 0 Å². The molecule has 1 amide bonds. The van der Waals surface area contributed by atoms with Crippen LogP contribution in [0.15, 0.2) is 18.2 Å². The van der Waals surface area contributed by atoms with Crippen molar-refractivity contribution in [3.8, 4) is 0 Å². The number of ether oxygens (including phenoxy) is 1. The second-order valence-corrected chi connectivity index (χ2v) is 6.18. The number of benzene rings is 1. The summed E-state index contributed by atoms with van der Waals surface area (Å²) in [5, 5.41) is 10.5. The van der Waals surface area contributed by atoms with Crippen molar-refractivity contribution >= 4 is 16.9 Å². The summed E-state index contributed by atoms with van der Waals surface area (Å²) < 4.78 is 40.6. The third-order valence-corrected chi connectivity index (χ3v) is 4.25. The first-order valence-electron chi connectivity index (χ1n) is 8.39. The van der Waals surface area contributed by atoms with Crippen molar-refractivity contribution in [2.24, 2.45) is 0 Å². The lowest BCUT2D eigenvalue weighted by molar-refractivity contribution is -0.174. The Balaban J connectivity index is 1.41. The molecule has 26 heavy (non-hydrogen) atoms. The number of aromatic amines is 1. The van der Waals surface area contributed by atoms with Crippen LogP contribution in [0.5, 0.6) is 0 Å². The van der Waals surface area contributed by atoms with E-state index in [-0.39, 0.29) is 12.5 Å². The van der Waals surface area contributed by atoms with Gasteiger partial charge >= 0.3 is 6.18 Å². The zero-order valence-electron chi connectivity index (χ0n) is 14.1. The maximum absolute atomic E-state index is 12.6.